The van der Waals surface area contributed by atoms with E-state index in [1.54, 1.807) is 0 Å². The molecule has 0 spiro atoms. The van der Waals surface area contributed by atoms with Gasteiger partial charge in [0.25, 0.3) is 0 Å². The summed E-state index contributed by atoms with van der Waals surface area (Å²) in [7, 11) is 0. The van der Waals surface area contributed by atoms with Crippen LogP contribution in [0.1, 0.15) is 6.42 Å². The molecule has 18 rings (SSSR count). The topological polar surface area (TPSA) is 18.0 Å². The maximum Gasteiger partial charge on any atom is 0.0619 e. The van der Waals surface area contributed by atoms with Gasteiger partial charge in [-0.25, -0.2) is 0 Å². The molecule has 0 radical (unpaired) electrons. The van der Waals surface area contributed by atoms with Crippen molar-refractivity contribution in [1.29, 1.82) is 0 Å². The largest absolute Gasteiger partial charge is 0.334 e. The maximum atomic E-state index is 2.55. The predicted octanol–water partition coefficient (Wildman–Crippen LogP) is 20.9. The number of allylic oxidation sites excluding steroid dienone is 2. The average Bonchev–Trinajstić information content (AvgIpc) is 2.86. The van der Waals surface area contributed by atoms with Crippen LogP contribution in [0.15, 0.2) is 285 Å². The normalized spacial score (nSPS) is 14.0. The quantitative estimate of drug-likeness (QED) is 0.162. The smallest absolute Gasteiger partial charge is 0.0619 e. The summed E-state index contributed by atoms with van der Waals surface area (Å²) in [5.41, 5.74) is 13.0. The number of aromatic nitrogens is 3. The van der Waals surface area contributed by atoms with Crippen LogP contribution in [0.2, 0.25) is 0 Å². The van der Waals surface area contributed by atoms with Gasteiger partial charge < -0.3 is 18.6 Å². The summed E-state index contributed by atoms with van der Waals surface area (Å²) in [6.45, 7) is 0. The van der Waals surface area contributed by atoms with Gasteiger partial charge in [0.1, 0.15) is 0 Å². The fraction of sp³-hybridized carbons (Fsp3) is 0.0256. The fourth-order valence-electron chi connectivity index (χ4n) is 14.5. The molecule has 1 aliphatic rings. The van der Waals surface area contributed by atoms with E-state index < -0.39 is 0 Å². The first-order valence-corrected chi connectivity index (χ1v) is 28.6. The van der Waals surface area contributed by atoms with Crippen molar-refractivity contribution in [2.45, 2.75) is 12.5 Å². The number of hydrogen-bond donors (Lipinski definition) is 0. The minimum atomic E-state index is 0.0122. The summed E-state index contributed by atoms with van der Waals surface area (Å²) >= 11 is 0. The molecule has 4 heteroatoms. The van der Waals surface area contributed by atoms with E-state index in [0.29, 0.717) is 0 Å². The number of nitrogens with zero attached hydrogens (tertiary/aromatic N) is 4. The van der Waals surface area contributed by atoms with Crippen molar-refractivity contribution in [3.05, 3.63) is 285 Å². The molecule has 3 heterocycles. The first-order chi connectivity index (χ1) is 40.7. The monoisotopic (exact) mass is 1040 g/mol. The Morgan fingerprint density at radius 1 is 0.280 bits per heavy atom. The number of anilines is 2. The van der Waals surface area contributed by atoms with Crippen LogP contribution < -0.4 is 4.90 Å². The molecule has 4 nitrogen and oxygen atoms in total. The lowest BCUT2D eigenvalue weighted by molar-refractivity contribution is 0.783. The molecule has 1 unspecified atom stereocenters. The van der Waals surface area contributed by atoms with Crippen molar-refractivity contribution >= 4 is 147 Å². The Kier molecular flexibility index (Phi) is 9.60. The lowest BCUT2D eigenvalue weighted by Gasteiger charge is -2.33. The third-order valence-corrected chi connectivity index (χ3v) is 18.0. The van der Waals surface area contributed by atoms with Crippen LogP contribution in [-0.4, -0.2) is 19.7 Å². The molecular formula is C78H50N4. The van der Waals surface area contributed by atoms with Crippen LogP contribution in [-0.2, 0) is 0 Å². The number of fused-ring (bicyclic) bond motifs is 21. The third kappa shape index (κ3) is 6.49. The van der Waals surface area contributed by atoms with Crippen LogP contribution in [0.4, 0.5) is 11.4 Å². The molecule has 3 aromatic heterocycles. The highest BCUT2D eigenvalue weighted by molar-refractivity contribution is 6.29. The van der Waals surface area contributed by atoms with E-state index in [1.807, 2.05) is 0 Å². The first kappa shape index (κ1) is 45.2. The van der Waals surface area contributed by atoms with Crippen molar-refractivity contribution in [3.8, 4) is 11.4 Å². The second-order valence-corrected chi connectivity index (χ2v) is 22.3. The van der Waals surface area contributed by atoms with Crippen molar-refractivity contribution in [1.82, 2.24) is 13.7 Å². The Balaban J connectivity index is 0.813. The van der Waals surface area contributed by atoms with Crippen LogP contribution in [0.3, 0.4) is 0 Å². The highest BCUT2D eigenvalue weighted by Crippen LogP contribution is 2.45. The summed E-state index contributed by atoms with van der Waals surface area (Å²) in [5, 5.41) is 22.7. The summed E-state index contributed by atoms with van der Waals surface area (Å²) < 4.78 is 7.52. The van der Waals surface area contributed by atoms with Gasteiger partial charge in [0, 0.05) is 76.9 Å². The SMILES string of the molecule is C1=CC(N(c2ccc(-n3c4ccc5ccccc5c4c4ccc5ccccc5c43)cc2)c2ccc(-n3c4ccc5ccccc5c4c4ccc5ccccc5c43)cc2)CC=C1n1c2ccc3ccccc3c2c2ccc3ccccc3c21. The zero-order valence-corrected chi connectivity index (χ0v) is 44.7. The van der Waals surface area contributed by atoms with Crippen LogP contribution >= 0.6 is 0 Å². The molecular weight excluding hydrogens is 993 g/mol. The van der Waals surface area contributed by atoms with Crippen LogP contribution in [0.5, 0.6) is 0 Å². The van der Waals surface area contributed by atoms with Gasteiger partial charge in [-0.15, -0.1) is 0 Å². The van der Waals surface area contributed by atoms with E-state index in [0.717, 1.165) is 29.2 Å². The molecule has 0 amide bonds. The summed E-state index contributed by atoms with van der Waals surface area (Å²) in [5.74, 6) is 0. The van der Waals surface area contributed by atoms with Gasteiger partial charge in [-0.05, 0) is 128 Å². The molecule has 17 aromatic rings. The van der Waals surface area contributed by atoms with Crippen molar-refractivity contribution in [2.75, 3.05) is 4.90 Å². The Labute approximate surface area is 472 Å². The van der Waals surface area contributed by atoms with E-state index in [1.165, 1.54) is 136 Å². The van der Waals surface area contributed by atoms with Gasteiger partial charge in [0.15, 0.2) is 0 Å². The van der Waals surface area contributed by atoms with E-state index in [4.69, 9.17) is 0 Å². The molecule has 0 saturated carbocycles. The van der Waals surface area contributed by atoms with Crippen molar-refractivity contribution in [3.63, 3.8) is 0 Å². The molecule has 0 aliphatic heterocycles. The third-order valence-electron chi connectivity index (χ3n) is 18.0. The van der Waals surface area contributed by atoms with Gasteiger partial charge >= 0.3 is 0 Å². The van der Waals surface area contributed by atoms with E-state index in [9.17, 15) is 0 Å². The van der Waals surface area contributed by atoms with Gasteiger partial charge in [0.2, 0.25) is 0 Å². The molecule has 0 fully saturated rings. The van der Waals surface area contributed by atoms with Gasteiger partial charge in [-0.1, -0.05) is 212 Å². The van der Waals surface area contributed by atoms with Crippen LogP contribution in [0, 0.1) is 0 Å². The zero-order valence-electron chi connectivity index (χ0n) is 44.7. The second-order valence-electron chi connectivity index (χ2n) is 22.3. The molecule has 1 aliphatic carbocycles. The Morgan fingerprint density at radius 3 is 0.963 bits per heavy atom. The van der Waals surface area contributed by atoms with Crippen molar-refractivity contribution in [2.24, 2.45) is 0 Å². The Morgan fingerprint density at radius 2 is 0.598 bits per heavy atom. The average molecular weight is 1040 g/mol. The molecule has 382 valence electrons. The molecule has 0 N–H and O–H groups in total. The molecule has 0 bridgehead atoms. The standard InChI is InChI=1S/C78H50N4/c1-7-19-61-49(13-1)28-46-70-73(61)67-43-25-52-16-4-10-22-64(52)76(67)80(70)58-37-31-55(32-38-58)79(56-33-39-59(40-34-56)81-71-47-29-50-14-2-8-20-62(50)74(71)68-44-26-53-17-5-11-23-65(53)77(68)81)57-35-41-60(42-36-57)82-72-48-30-51-15-3-9-21-63(51)75(72)69-45-27-54-18-6-12-24-66(54)78(69)82/h1-35,37-48,57H,36H2. The number of rotatable bonds is 6. The minimum Gasteiger partial charge on any atom is -0.334 e. The Hall–Kier alpha value is -10.7. The number of hydrogen-bond acceptors (Lipinski definition) is 1. The highest BCUT2D eigenvalue weighted by Gasteiger charge is 2.26. The Bertz CT molecular complexity index is 5380. The molecule has 0 saturated heterocycles. The molecule has 14 aromatic carbocycles. The molecule has 82 heavy (non-hydrogen) atoms. The van der Waals surface area contributed by atoms with Gasteiger partial charge in [-0.3, -0.25) is 0 Å². The van der Waals surface area contributed by atoms with E-state index in [-0.39, 0.29) is 6.04 Å². The lowest BCUT2D eigenvalue weighted by atomic mass is 10.0. The summed E-state index contributed by atoms with van der Waals surface area (Å²) in [4.78, 5) is 2.55. The summed E-state index contributed by atoms with van der Waals surface area (Å²) in [6, 6.07) is 99.3. The van der Waals surface area contributed by atoms with E-state index >= 15 is 0 Å². The van der Waals surface area contributed by atoms with Gasteiger partial charge in [0.05, 0.1) is 39.1 Å². The lowest BCUT2D eigenvalue weighted by Crippen LogP contribution is -2.30. The zero-order chi connectivity index (χ0) is 53.6. The molecule has 1 atom stereocenters. The summed E-state index contributed by atoms with van der Waals surface area (Å²) in [6.07, 6.45) is 8.08. The fourth-order valence-corrected chi connectivity index (χ4v) is 14.5. The second kappa shape index (κ2) is 17.4. The predicted molar refractivity (Wildman–Crippen MR) is 350 cm³/mol. The minimum absolute atomic E-state index is 0.0122. The van der Waals surface area contributed by atoms with Crippen molar-refractivity contribution < 1.29 is 0 Å². The van der Waals surface area contributed by atoms with Crippen LogP contribution in [0.25, 0.3) is 147 Å². The maximum absolute atomic E-state index is 2.55. The van der Waals surface area contributed by atoms with E-state index in [2.05, 4.69) is 304 Å². The first-order valence-electron chi connectivity index (χ1n) is 28.6. The number of benzene rings is 14. The van der Waals surface area contributed by atoms with Gasteiger partial charge in [-0.2, -0.15) is 0 Å². The highest BCUT2D eigenvalue weighted by atomic mass is 15.2.